The summed E-state index contributed by atoms with van der Waals surface area (Å²) in [6, 6.07) is 17.3. The molecule has 0 saturated heterocycles. The molecule has 0 saturated carbocycles. The molecule has 0 aliphatic carbocycles. The van der Waals surface area contributed by atoms with Crippen LogP contribution in [0.5, 0.6) is 0 Å². The first-order valence-electron chi connectivity index (χ1n) is 10.1. The smallest absolute Gasteiger partial charge is 0.187 e. The third kappa shape index (κ3) is 6.21. The van der Waals surface area contributed by atoms with Crippen molar-refractivity contribution in [3.8, 4) is 11.3 Å². The standard InChI is InChI=1S/C24H30N2S/c1-3-4-5-6-7-8-9-20-12-16-22(17-13-20)25-24-26-23(18-27-24)21-14-10-19(2)11-15-21/h10-18H,3-9H2,1-2H3,(H,25,26). The number of aryl methyl sites for hydroxylation is 2. The Kier molecular flexibility index (Phi) is 7.46. The van der Waals surface area contributed by atoms with Gasteiger partial charge in [-0.3, -0.25) is 0 Å². The fraction of sp³-hybridized carbons (Fsp3) is 0.375. The summed E-state index contributed by atoms with van der Waals surface area (Å²) in [5.74, 6) is 0. The number of rotatable bonds is 10. The van der Waals surface area contributed by atoms with Crippen molar-refractivity contribution in [2.75, 3.05) is 5.32 Å². The number of anilines is 2. The molecule has 3 heteroatoms. The normalized spacial score (nSPS) is 10.9. The number of nitrogens with one attached hydrogen (secondary N) is 1. The summed E-state index contributed by atoms with van der Waals surface area (Å²) in [4.78, 5) is 4.72. The van der Waals surface area contributed by atoms with E-state index in [9.17, 15) is 0 Å². The molecule has 1 N–H and O–H groups in total. The van der Waals surface area contributed by atoms with Gasteiger partial charge in [-0.15, -0.1) is 11.3 Å². The molecule has 3 rings (SSSR count). The van der Waals surface area contributed by atoms with Crippen LogP contribution in [0, 0.1) is 6.92 Å². The lowest BCUT2D eigenvalue weighted by molar-refractivity contribution is 0.607. The van der Waals surface area contributed by atoms with Crippen LogP contribution in [-0.4, -0.2) is 4.98 Å². The summed E-state index contributed by atoms with van der Waals surface area (Å²) in [6.45, 7) is 4.37. The van der Waals surface area contributed by atoms with Gasteiger partial charge in [-0.25, -0.2) is 4.98 Å². The van der Waals surface area contributed by atoms with Gasteiger partial charge >= 0.3 is 0 Å². The predicted molar refractivity (Wildman–Crippen MR) is 119 cm³/mol. The van der Waals surface area contributed by atoms with Crippen molar-refractivity contribution >= 4 is 22.2 Å². The summed E-state index contributed by atoms with van der Waals surface area (Å²) < 4.78 is 0. The van der Waals surface area contributed by atoms with E-state index in [1.54, 1.807) is 11.3 Å². The predicted octanol–water partition coefficient (Wildman–Crippen LogP) is 7.77. The Bertz CT molecular complexity index is 803. The van der Waals surface area contributed by atoms with Gasteiger partial charge in [-0.2, -0.15) is 0 Å². The van der Waals surface area contributed by atoms with E-state index in [0.29, 0.717) is 0 Å². The van der Waals surface area contributed by atoms with Crippen molar-refractivity contribution in [2.24, 2.45) is 0 Å². The Morgan fingerprint density at radius 2 is 1.56 bits per heavy atom. The molecular formula is C24H30N2S. The molecule has 0 unspecified atom stereocenters. The van der Waals surface area contributed by atoms with Crippen LogP contribution in [0.25, 0.3) is 11.3 Å². The highest BCUT2D eigenvalue weighted by molar-refractivity contribution is 7.14. The van der Waals surface area contributed by atoms with Crippen molar-refractivity contribution in [1.29, 1.82) is 0 Å². The van der Waals surface area contributed by atoms with Gasteiger partial charge in [0.2, 0.25) is 0 Å². The maximum Gasteiger partial charge on any atom is 0.187 e. The molecule has 27 heavy (non-hydrogen) atoms. The number of hydrogen-bond donors (Lipinski definition) is 1. The lowest BCUT2D eigenvalue weighted by Crippen LogP contribution is -1.91. The Labute approximate surface area is 167 Å². The third-order valence-electron chi connectivity index (χ3n) is 4.88. The number of thiazole rings is 1. The van der Waals surface area contributed by atoms with E-state index in [1.165, 1.54) is 61.6 Å². The molecular weight excluding hydrogens is 348 g/mol. The molecule has 0 atom stereocenters. The zero-order chi connectivity index (χ0) is 18.9. The first-order valence-corrected chi connectivity index (χ1v) is 11.0. The van der Waals surface area contributed by atoms with Gasteiger partial charge in [-0.1, -0.05) is 81.0 Å². The zero-order valence-electron chi connectivity index (χ0n) is 16.5. The van der Waals surface area contributed by atoms with Gasteiger partial charge in [0.15, 0.2) is 5.13 Å². The fourth-order valence-electron chi connectivity index (χ4n) is 3.18. The van der Waals surface area contributed by atoms with Gasteiger partial charge in [-0.05, 0) is 37.5 Å². The average Bonchev–Trinajstić information content (AvgIpc) is 3.15. The molecule has 3 aromatic rings. The second-order valence-corrected chi connectivity index (χ2v) is 8.10. The Morgan fingerprint density at radius 1 is 0.852 bits per heavy atom. The van der Waals surface area contributed by atoms with Crippen molar-refractivity contribution in [2.45, 2.75) is 58.8 Å². The molecule has 1 aromatic heterocycles. The van der Waals surface area contributed by atoms with E-state index < -0.39 is 0 Å². The number of aromatic nitrogens is 1. The number of nitrogens with zero attached hydrogens (tertiary/aromatic N) is 1. The topological polar surface area (TPSA) is 24.9 Å². The van der Waals surface area contributed by atoms with Gasteiger partial charge in [0.25, 0.3) is 0 Å². The zero-order valence-corrected chi connectivity index (χ0v) is 17.3. The third-order valence-corrected chi connectivity index (χ3v) is 5.63. The summed E-state index contributed by atoms with van der Waals surface area (Å²) in [5.41, 5.74) is 6.00. The summed E-state index contributed by atoms with van der Waals surface area (Å²) in [6.07, 6.45) is 9.28. The number of unbranched alkanes of at least 4 members (excludes halogenated alkanes) is 5. The average molecular weight is 379 g/mol. The van der Waals surface area contributed by atoms with Crippen molar-refractivity contribution in [1.82, 2.24) is 4.98 Å². The lowest BCUT2D eigenvalue weighted by atomic mass is 10.0. The SMILES string of the molecule is CCCCCCCCc1ccc(Nc2nc(-c3ccc(C)cc3)cs2)cc1. The van der Waals surface area contributed by atoms with Crippen LogP contribution in [0.4, 0.5) is 10.8 Å². The monoisotopic (exact) mass is 378 g/mol. The molecule has 2 aromatic carbocycles. The summed E-state index contributed by atoms with van der Waals surface area (Å²) in [5, 5.41) is 6.48. The summed E-state index contributed by atoms with van der Waals surface area (Å²) >= 11 is 1.65. The second-order valence-electron chi connectivity index (χ2n) is 7.24. The molecule has 0 radical (unpaired) electrons. The van der Waals surface area contributed by atoms with Gasteiger partial charge < -0.3 is 5.32 Å². The van der Waals surface area contributed by atoms with Crippen LogP contribution >= 0.6 is 11.3 Å². The van der Waals surface area contributed by atoms with E-state index in [-0.39, 0.29) is 0 Å². The van der Waals surface area contributed by atoms with Crippen LogP contribution in [0.2, 0.25) is 0 Å². The Balaban J connectivity index is 1.49. The highest BCUT2D eigenvalue weighted by Gasteiger charge is 2.05. The van der Waals surface area contributed by atoms with Crippen LogP contribution in [-0.2, 0) is 6.42 Å². The van der Waals surface area contributed by atoms with E-state index in [1.807, 2.05) is 0 Å². The molecule has 2 nitrogen and oxygen atoms in total. The van der Waals surface area contributed by atoms with Crippen LogP contribution in [0.15, 0.2) is 53.9 Å². The van der Waals surface area contributed by atoms with Gasteiger partial charge in [0, 0.05) is 16.6 Å². The number of benzene rings is 2. The first-order chi connectivity index (χ1) is 13.2. The maximum atomic E-state index is 4.72. The largest absolute Gasteiger partial charge is 0.332 e. The molecule has 0 spiro atoms. The van der Waals surface area contributed by atoms with Crippen molar-refractivity contribution in [3.05, 3.63) is 65.0 Å². The first kappa shape index (κ1) is 19.6. The van der Waals surface area contributed by atoms with Gasteiger partial charge in [0.05, 0.1) is 5.69 Å². The Morgan fingerprint density at radius 3 is 2.30 bits per heavy atom. The minimum Gasteiger partial charge on any atom is -0.332 e. The minimum atomic E-state index is 0.939. The number of hydrogen-bond acceptors (Lipinski definition) is 3. The molecule has 0 fully saturated rings. The Hall–Kier alpha value is -2.13. The second kappa shape index (κ2) is 10.3. The molecule has 0 aliphatic heterocycles. The van der Waals surface area contributed by atoms with E-state index in [2.05, 4.69) is 73.1 Å². The minimum absolute atomic E-state index is 0.939. The molecule has 0 amide bonds. The molecule has 1 heterocycles. The van der Waals surface area contributed by atoms with Gasteiger partial charge in [0.1, 0.15) is 0 Å². The quantitative estimate of drug-likeness (QED) is 0.364. The van der Waals surface area contributed by atoms with Crippen molar-refractivity contribution in [3.63, 3.8) is 0 Å². The van der Waals surface area contributed by atoms with E-state index >= 15 is 0 Å². The van der Waals surface area contributed by atoms with Crippen molar-refractivity contribution < 1.29 is 0 Å². The molecule has 0 aliphatic rings. The lowest BCUT2D eigenvalue weighted by Gasteiger charge is -2.05. The van der Waals surface area contributed by atoms with Crippen LogP contribution in [0.3, 0.4) is 0 Å². The maximum absolute atomic E-state index is 4.72. The summed E-state index contributed by atoms with van der Waals surface area (Å²) in [7, 11) is 0. The highest BCUT2D eigenvalue weighted by atomic mass is 32.1. The van der Waals surface area contributed by atoms with E-state index in [0.717, 1.165) is 16.5 Å². The fourth-order valence-corrected chi connectivity index (χ4v) is 3.92. The van der Waals surface area contributed by atoms with Crippen LogP contribution in [0.1, 0.15) is 56.6 Å². The highest BCUT2D eigenvalue weighted by Crippen LogP contribution is 2.27. The van der Waals surface area contributed by atoms with Crippen LogP contribution < -0.4 is 5.32 Å². The molecule has 0 bridgehead atoms. The molecule has 142 valence electrons. The van der Waals surface area contributed by atoms with E-state index in [4.69, 9.17) is 4.98 Å².